The summed E-state index contributed by atoms with van der Waals surface area (Å²) in [4.78, 5) is 0. The fourth-order valence-corrected chi connectivity index (χ4v) is 0.0546. The Bertz CT molecular complexity index is 45.5. The van der Waals surface area contributed by atoms with Gasteiger partial charge in [-0.1, -0.05) is 6.58 Å². The molecule has 0 heterocycles. The second kappa shape index (κ2) is 2.69. The minimum Gasteiger partial charge on any atom is -0.499 e. The van der Waals surface area contributed by atoms with Crippen molar-refractivity contribution in [3.05, 3.63) is 12.3 Å². The van der Waals surface area contributed by atoms with Gasteiger partial charge in [0.15, 0.2) is 0 Å². The first-order chi connectivity index (χ1) is 2.81. The predicted molar refractivity (Wildman–Crippen MR) is 22.1 cm³/mol. The number of allylic oxidation sites excluding steroid dienone is 1. The van der Waals surface area contributed by atoms with E-state index < -0.39 is 6.67 Å². The highest BCUT2D eigenvalue weighted by Crippen LogP contribution is 1.87. The molecule has 0 aliphatic heterocycles. The highest BCUT2D eigenvalue weighted by molar-refractivity contribution is 4.79. The average Bonchev–Trinajstić information content (AvgIpc) is 1.65. The highest BCUT2D eigenvalue weighted by Gasteiger charge is 1.81. The molecule has 0 aliphatic rings. The van der Waals surface area contributed by atoms with Crippen molar-refractivity contribution in [2.24, 2.45) is 0 Å². The van der Waals surface area contributed by atoms with Gasteiger partial charge in [-0.05, 0) is 0 Å². The summed E-state index contributed by atoms with van der Waals surface area (Å²) in [5, 5.41) is 0. The standard InChI is InChI=1S/C4H7FO/c1-4(3-5)6-2/h1,3H2,2H3. The summed E-state index contributed by atoms with van der Waals surface area (Å²) < 4.78 is 15.5. The number of methoxy groups -OCH3 is 1. The number of halogens is 1. The van der Waals surface area contributed by atoms with E-state index in [1.54, 1.807) is 0 Å². The van der Waals surface area contributed by atoms with Crippen LogP contribution in [0.2, 0.25) is 0 Å². The van der Waals surface area contributed by atoms with Crippen LogP contribution in [0.5, 0.6) is 0 Å². The molecule has 0 amide bonds. The van der Waals surface area contributed by atoms with Crippen molar-refractivity contribution in [1.82, 2.24) is 0 Å². The molecular formula is C4H7FO. The average molecular weight is 90.1 g/mol. The van der Waals surface area contributed by atoms with Crippen LogP contribution in [0.1, 0.15) is 0 Å². The van der Waals surface area contributed by atoms with E-state index in [2.05, 4.69) is 11.3 Å². The molecule has 0 N–H and O–H groups in total. The maximum absolute atomic E-state index is 11.2. The van der Waals surface area contributed by atoms with Crippen LogP contribution < -0.4 is 0 Å². The van der Waals surface area contributed by atoms with Crippen LogP contribution in [0, 0.1) is 0 Å². The molecule has 0 spiro atoms. The van der Waals surface area contributed by atoms with E-state index in [-0.39, 0.29) is 5.76 Å². The largest absolute Gasteiger partial charge is 0.499 e. The zero-order valence-electron chi connectivity index (χ0n) is 3.70. The summed E-state index contributed by atoms with van der Waals surface area (Å²) in [6.07, 6.45) is 0. The highest BCUT2D eigenvalue weighted by atomic mass is 19.1. The Morgan fingerprint density at radius 2 is 2.50 bits per heavy atom. The number of rotatable bonds is 2. The van der Waals surface area contributed by atoms with Gasteiger partial charge in [-0.15, -0.1) is 0 Å². The second-order valence-corrected chi connectivity index (χ2v) is 0.876. The van der Waals surface area contributed by atoms with Crippen molar-refractivity contribution in [3.63, 3.8) is 0 Å². The summed E-state index contributed by atoms with van der Waals surface area (Å²) >= 11 is 0. The van der Waals surface area contributed by atoms with Gasteiger partial charge >= 0.3 is 0 Å². The van der Waals surface area contributed by atoms with E-state index >= 15 is 0 Å². The minimum absolute atomic E-state index is 0.176. The number of hydrogen-bond donors (Lipinski definition) is 0. The van der Waals surface area contributed by atoms with Gasteiger partial charge in [0, 0.05) is 0 Å². The Labute approximate surface area is 36.4 Å². The van der Waals surface area contributed by atoms with E-state index in [1.165, 1.54) is 7.11 Å². The van der Waals surface area contributed by atoms with Gasteiger partial charge in [-0.2, -0.15) is 0 Å². The van der Waals surface area contributed by atoms with E-state index in [0.29, 0.717) is 0 Å². The maximum atomic E-state index is 11.2. The molecule has 0 aromatic heterocycles. The Kier molecular flexibility index (Phi) is 2.46. The van der Waals surface area contributed by atoms with Crippen molar-refractivity contribution in [2.45, 2.75) is 0 Å². The quantitative estimate of drug-likeness (QED) is 0.461. The minimum atomic E-state index is -0.587. The molecule has 0 aromatic carbocycles. The Hall–Kier alpha value is -0.530. The molecule has 2 heteroatoms. The first-order valence-corrected chi connectivity index (χ1v) is 1.59. The third-order valence-corrected chi connectivity index (χ3v) is 0.438. The van der Waals surface area contributed by atoms with Crippen LogP contribution in [-0.2, 0) is 4.74 Å². The summed E-state index contributed by atoms with van der Waals surface area (Å²) in [7, 11) is 1.39. The van der Waals surface area contributed by atoms with Gasteiger partial charge in [0.25, 0.3) is 0 Å². The molecule has 0 saturated carbocycles. The smallest absolute Gasteiger partial charge is 0.146 e. The molecule has 0 atom stereocenters. The number of alkyl halides is 1. The van der Waals surface area contributed by atoms with Gasteiger partial charge in [-0.3, -0.25) is 0 Å². The number of ether oxygens (including phenoxy) is 1. The molecule has 36 valence electrons. The van der Waals surface area contributed by atoms with E-state index in [9.17, 15) is 4.39 Å². The second-order valence-electron chi connectivity index (χ2n) is 0.876. The van der Waals surface area contributed by atoms with Crippen LogP contribution in [-0.4, -0.2) is 13.8 Å². The lowest BCUT2D eigenvalue weighted by Crippen LogP contribution is -1.82. The topological polar surface area (TPSA) is 9.23 Å². The van der Waals surface area contributed by atoms with E-state index in [4.69, 9.17) is 0 Å². The van der Waals surface area contributed by atoms with E-state index in [0.717, 1.165) is 0 Å². The molecule has 0 fully saturated rings. The molecule has 0 radical (unpaired) electrons. The lowest BCUT2D eigenvalue weighted by atomic mass is 10.6. The van der Waals surface area contributed by atoms with E-state index in [1.807, 2.05) is 0 Å². The van der Waals surface area contributed by atoms with Gasteiger partial charge in [0.2, 0.25) is 0 Å². The fourth-order valence-electron chi connectivity index (χ4n) is 0.0546. The lowest BCUT2D eigenvalue weighted by Gasteiger charge is -1.92. The van der Waals surface area contributed by atoms with Crippen LogP contribution in [0.3, 0.4) is 0 Å². The summed E-state index contributed by atoms with van der Waals surface area (Å²) in [5.74, 6) is 0.176. The molecular weight excluding hydrogens is 83.0 g/mol. The van der Waals surface area contributed by atoms with Gasteiger partial charge in [-0.25, -0.2) is 4.39 Å². The van der Waals surface area contributed by atoms with Gasteiger partial charge < -0.3 is 4.74 Å². The van der Waals surface area contributed by atoms with Crippen LogP contribution in [0.4, 0.5) is 4.39 Å². The van der Waals surface area contributed by atoms with Gasteiger partial charge in [0.05, 0.1) is 7.11 Å². The number of hydrogen-bond acceptors (Lipinski definition) is 1. The molecule has 6 heavy (non-hydrogen) atoms. The fraction of sp³-hybridized carbons (Fsp3) is 0.500. The molecule has 0 aromatic rings. The summed E-state index contributed by atoms with van der Waals surface area (Å²) in [5.41, 5.74) is 0. The Balaban J connectivity index is 2.99. The first-order valence-electron chi connectivity index (χ1n) is 1.59. The zero-order valence-corrected chi connectivity index (χ0v) is 3.70. The first kappa shape index (κ1) is 5.47. The zero-order chi connectivity index (χ0) is 4.99. The molecule has 1 nitrogen and oxygen atoms in total. The normalized spacial score (nSPS) is 7.67. The van der Waals surface area contributed by atoms with Crippen molar-refractivity contribution < 1.29 is 9.13 Å². The monoisotopic (exact) mass is 90.0 g/mol. The van der Waals surface area contributed by atoms with Crippen LogP contribution >= 0.6 is 0 Å². The van der Waals surface area contributed by atoms with Gasteiger partial charge in [0.1, 0.15) is 12.4 Å². The van der Waals surface area contributed by atoms with Crippen molar-refractivity contribution >= 4 is 0 Å². The Morgan fingerprint density at radius 1 is 2.00 bits per heavy atom. The third kappa shape index (κ3) is 1.76. The molecule has 0 unspecified atom stereocenters. The third-order valence-electron chi connectivity index (χ3n) is 0.438. The summed E-state index contributed by atoms with van der Waals surface area (Å²) in [6, 6.07) is 0. The Morgan fingerprint density at radius 3 is 2.50 bits per heavy atom. The molecule has 0 saturated heterocycles. The van der Waals surface area contributed by atoms with Crippen LogP contribution in [0.15, 0.2) is 12.3 Å². The summed E-state index contributed by atoms with van der Waals surface area (Å²) in [6.45, 7) is 2.61. The van der Waals surface area contributed by atoms with Crippen molar-refractivity contribution in [2.75, 3.05) is 13.8 Å². The maximum Gasteiger partial charge on any atom is 0.146 e. The predicted octanol–water partition coefficient (Wildman–Crippen LogP) is 1.12. The SMILES string of the molecule is C=C(CF)OC. The van der Waals surface area contributed by atoms with Crippen molar-refractivity contribution in [1.29, 1.82) is 0 Å². The van der Waals surface area contributed by atoms with Crippen LogP contribution in [0.25, 0.3) is 0 Å². The molecule has 0 rings (SSSR count). The lowest BCUT2D eigenvalue weighted by molar-refractivity contribution is 0.258. The molecule has 0 aliphatic carbocycles. The van der Waals surface area contributed by atoms with Crippen molar-refractivity contribution in [3.8, 4) is 0 Å². The molecule has 0 bridgehead atoms.